The lowest BCUT2D eigenvalue weighted by Crippen LogP contribution is -2.18. The Kier molecular flexibility index (Phi) is 4.47. The van der Waals surface area contributed by atoms with E-state index in [1.54, 1.807) is 0 Å². The van der Waals surface area contributed by atoms with E-state index in [-0.39, 0.29) is 10.9 Å². The van der Waals surface area contributed by atoms with Crippen LogP contribution in [0.3, 0.4) is 0 Å². The standard InChI is InChI=1S/C4H9NO3S/c1-8-3-2-4(6)5(7)9/h7,9H,2-3H2,1H3. The molecular formula is C4H9NO3S. The van der Waals surface area contributed by atoms with Crippen LogP contribution in [0.4, 0.5) is 0 Å². The van der Waals surface area contributed by atoms with Gasteiger partial charge in [-0.05, 0) is 12.8 Å². The first-order valence-corrected chi connectivity index (χ1v) is 2.78. The smallest absolute Gasteiger partial charge is 0.258 e. The highest BCUT2D eigenvalue weighted by molar-refractivity contribution is 7.78. The van der Waals surface area contributed by atoms with E-state index < -0.39 is 5.91 Å². The van der Waals surface area contributed by atoms with Crippen LogP contribution in [-0.4, -0.2) is 29.3 Å². The lowest BCUT2D eigenvalue weighted by Gasteiger charge is -2.04. The summed E-state index contributed by atoms with van der Waals surface area (Å²) in [5, 5.41) is 8.34. The zero-order valence-electron chi connectivity index (χ0n) is 5.07. The Bertz CT molecular complexity index is 95.8. The molecule has 0 rings (SSSR count). The number of hydroxylamine groups is 1. The average molecular weight is 151 g/mol. The van der Waals surface area contributed by atoms with Gasteiger partial charge in [0.05, 0.1) is 13.0 Å². The van der Waals surface area contributed by atoms with E-state index in [1.165, 1.54) is 7.11 Å². The van der Waals surface area contributed by atoms with Crippen LogP contribution in [0.5, 0.6) is 0 Å². The predicted octanol–water partition coefficient (Wildman–Crippen LogP) is 0.0855. The predicted molar refractivity (Wildman–Crippen MR) is 34.1 cm³/mol. The van der Waals surface area contributed by atoms with E-state index >= 15 is 0 Å². The molecule has 0 spiro atoms. The van der Waals surface area contributed by atoms with Gasteiger partial charge in [-0.2, -0.15) is 4.47 Å². The van der Waals surface area contributed by atoms with Gasteiger partial charge in [0.2, 0.25) is 0 Å². The number of hydrogen-bond acceptors (Lipinski definition) is 4. The second-order valence-electron chi connectivity index (χ2n) is 1.43. The van der Waals surface area contributed by atoms with Gasteiger partial charge in [0.15, 0.2) is 0 Å². The second-order valence-corrected chi connectivity index (χ2v) is 1.80. The van der Waals surface area contributed by atoms with Crippen LogP contribution in [0.1, 0.15) is 6.42 Å². The molecule has 0 aromatic rings. The zero-order valence-corrected chi connectivity index (χ0v) is 5.97. The summed E-state index contributed by atoms with van der Waals surface area (Å²) in [5.74, 6) is -0.472. The molecule has 1 N–H and O–H groups in total. The molecule has 0 aromatic heterocycles. The Hall–Kier alpha value is -0.260. The van der Waals surface area contributed by atoms with Crippen molar-refractivity contribution in [3.63, 3.8) is 0 Å². The molecule has 0 saturated carbocycles. The van der Waals surface area contributed by atoms with Gasteiger partial charge in [0.1, 0.15) is 0 Å². The summed E-state index contributed by atoms with van der Waals surface area (Å²) in [7, 11) is 1.48. The van der Waals surface area contributed by atoms with Crippen LogP contribution in [0.2, 0.25) is 0 Å². The minimum Gasteiger partial charge on any atom is -0.384 e. The number of hydrogen-bond donors (Lipinski definition) is 2. The van der Waals surface area contributed by atoms with Crippen molar-refractivity contribution >= 4 is 18.7 Å². The summed E-state index contributed by atoms with van der Waals surface area (Å²) in [4.78, 5) is 10.4. The maximum absolute atomic E-state index is 10.4. The molecule has 0 aliphatic carbocycles. The minimum atomic E-state index is -0.472. The number of ether oxygens (including phenoxy) is 1. The first-order chi connectivity index (χ1) is 4.18. The van der Waals surface area contributed by atoms with Crippen molar-refractivity contribution in [1.82, 2.24) is 4.47 Å². The average Bonchev–Trinajstić information content (AvgIpc) is 1.82. The first-order valence-electron chi connectivity index (χ1n) is 2.38. The lowest BCUT2D eigenvalue weighted by molar-refractivity contribution is -0.145. The Morgan fingerprint density at radius 1 is 1.89 bits per heavy atom. The van der Waals surface area contributed by atoms with Gasteiger partial charge in [-0.3, -0.25) is 10.0 Å². The van der Waals surface area contributed by atoms with E-state index in [0.29, 0.717) is 6.61 Å². The highest BCUT2D eigenvalue weighted by Gasteiger charge is 2.04. The summed E-state index contributed by atoms with van der Waals surface area (Å²) in [6.07, 6.45) is 0.149. The summed E-state index contributed by atoms with van der Waals surface area (Å²) in [6, 6.07) is 0. The maximum Gasteiger partial charge on any atom is 0.258 e. The summed E-state index contributed by atoms with van der Waals surface area (Å²) >= 11 is 3.35. The fourth-order valence-electron chi connectivity index (χ4n) is 0.289. The molecule has 0 aliphatic rings. The molecule has 0 aromatic carbocycles. The number of carbonyl (C=O) groups is 1. The van der Waals surface area contributed by atoms with E-state index in [2.05, 4.69) is 17.6 Å². The van der Waals surface area contributed by atoms with Crippen LogP contribution in [0.15, 0.2) is 0 Å². The number of nitrogens with zero attached hydrogens (tertiary/aromatic N) is 1. The zero-order chi connectivity index (χ0) is 7.28. The normalized spacial score (nSPS) is 9.22. The topological polar surface area (TPSA) is 49.8 Å². The number of thiol groups is 1. The van der Waals surface area contributed by atoms with Crippen LogP contribution in [-0.2, 0) is 9.53 Å². The monoisotopic (exact) mass is 151 g/mol. The Morgan fingerprint density at radius 3 is 2.78 bits per heavy atom. The van der Waals surface area contributed by atoms with Gasteiger partial charge in [0, 0.05) is 7.11 Å². The highest BCUT2D eigenvalue weighted by atomic mass is 32.1. The minimum absolute atomic E-state index is 0.149. The molecule has 0 bridgehead atoms. The summed E-state index contributed by atoms with van der Waals surface area (Å²) in [5.41, 5.74) is 0. The molecule has 0 saturated heterocycles. The van der Waals surface area contributed by atoms with Crippen LogP contribution in [0, 0.1) is 0 Å². The van der Waals surface area contributed by atoms with Gasteiger partial charge in [-0.1, -0.05) is 0 Å². The van der Waals surface area contributed by atoms with E-state index in [4.69, 9.17) is 5.21 Å². The second kappa shape index (κ2) is 4.60. The molecule has 0 atom stereocenters. The van der Waals surface area contributed by atoms with Crippen LogP contribution < -0.4 is 0 Å². The Balaban J connectivity index is 3.28. The largest absolute Gasteiger partial charge is 0.384 e. The number of carbonyl (C=O) groups excluding carboxylic acids is 1. The molecule has 1 amide bonds. The van der Waals surface area contributed by atoms with Gasteiger partial charge in [-0.25, -0.2) is 0 Å². The van der Waals surface area contributed by atoms with Crippen molar-refractivity contribution in [2.45, 2.75) is 6.42 Å². The van der Waals surface area contributed by atoms with E-state index in [1.807, 2.05) is 0 Å². The quantitative estimate of drug-likeness (QED) is 0.341. The van der Waals surface area contributed by atoms with Gasteiger partial charge in [-0.15, -0.1) is 0 Å². The molecule has 5 heteroatoms. The Labute approximate surface area is 58.9 Å². The van der Waals surface area contributed by atoms with Crippen molar-refractivity contribution in [2.24, 2.45) is 0 Å². The SMILES string of the molecule is COCCC(=O)N(O)S. The van der Waals surface area contributed by atoms with Gasteiger partial charge in [0.25, 0.3) is 5.91 Å². The summed E-state index contributed by atoms with van der Waals surface area (Å²) < 4.78 is 4.82. The van der Waals surface area contributed by atoms with Crippen LogP contribution >= 0.6 is 12.8 Å². The van der Waals surface area contributed by atoms with Crippen molar-refractivity contribution < 1.29 is 14.7 Å². The molecule has 0 heterocycles. The maximum atomic E-state index is 10.4. The molecule has 0 fully saturated rings. The Morgan fingerprint density at radius 2 is 2.44 bits per heavy atom. The van der Waals surface area contributed by atoms with Crippen molar-refractivity contribution in [1.29, 1.82) is 0 Å². The third kappa shape index (κ3) is 4.26. The fourth-order valence-corrected chi connectivity index (χ4v) is 0.389. The third-order valence-corrected chi connectivity index (χ3v) is 0.966. The number of amides is 1. The molecule has 0 radical (unpaired) electrons. The third-order valence-electron chi connectivity index (χ3n) is 0.743. The molecule has 0 aliphatic heterocycles. The molecule has 4 nitrogen and oxygen atoms in total. The molecule has 54 valence electrons. The lowest BCUT2D eigenvalue weighted by atomic mass is 10.4. The number of rotatable bonds is 3. The molecule has 9 heavy (non-hydrogen) atoms. The van der Waals surface area contributed by atoms with Gasteiger partial charge >= 0.3 is 0 Å². The van der Waals surface area contributed by atoms with Crippen molar-refractivity contribution in [3.05, 3.63) is 0 Å². The van der Waals surface area contributed by atoms with Gasteiger partial charge < -0.3 is 4.74 Å². The molecule has 0 unspecified atom stereocenters. The number of methoxy groups -OCH3 is 1. The fraction of sp³-hybridized carbons (Fsp3) is 0.750. The van der Waals surface area contributed by atoms with E-state index in [0.717, 1.165) is 0 Å². The highest BCUT2D eigenvalue weighted by Crippen LogP contribution is 1.92. The van der Waals surface area contributed by atoms with Crippen molar-refractivity contribution in [2.75, 3.05) is 13.7 Å². The summed E-state index contributed by atoms with van der Waals surface area (Å²) in [6.45, 7) is 0.302. The van der Waals surface area contributed by atoms with Crippen LogP contribution in [0.25, 0.3) is 0 Å². The van der Waals surface area contributed by atoms with Crippen molar-refractivity contribution in [3.8, 4) is 0 Å². The van der Waals surface area contributed by atoms with E-state index in [9.17, 15) is 4.79 Å². The molecular weight excluding hydrogens is 142 g/mol. The first kappa shape index (κ1) is 8.74.